The van der Waals surface area contributed by atoms with Crippen LogP contribution in [0.1, 0.15) is 19.3 Å². The van der Waals surface area contributed by atoms with Crippen molar-refractivity contribution in [3.05, 3.63) is 25.3 Å². The van der Waals surface area contributed by atoms with Crippen LogP contribution in [-0.2, 0) is 0 Å². The van der Waals surface area contributed by atoms with E-state index < -0.39 is 11.0 Å². The predicted octanol–water partition coefficient (Wildman–Crippen LogP) is 1.25. The van der Waals surface area contributed by atoms with Crippen LogP contribution < -0.4 is 0 Å². The zero-order valence-corrected chi connectivity index (χ0v) is 7.29. The Morgan fingerprint density at radius 2 is 1.92 bits per heavy atom. The molecule has 0 bridgehead atoms. The SMILES string of the molecule is C=CC1(O)CCCC1(C=C)CO. The molecule has 0 spiro atoms. The fourth-order valence-electron chi connectivity index (χ4n) is 2.00. The van der Waals surface area contributed by atoms with Crippen LogP contribution in [0.15, 0.2) is 25.3 Å². The lowest BCUT2D eigenvalue weighted by molar-refractivity contribution is -0.0211. The van der Waals surface area contributed by atoms with E-state index in [4.69, 9.17) is 0 Å². The second-order valence-electron chi connectivity index (χ2n) is 3.50. The highest BCUT2D eigenvalue weighted by molar-refractivity contribution is 5.18. The minimum absolute atomic E-state index is 0.0565. The van der Waals surface area contributed by atoms with Crippen LogP contribution in [0.3, 0.4) is 0 Å². The van der Waals surface area contributed by atoms with Gasteiger partial charge in [0.15, 0.2) is 0 Å². The van der Waals surface area contributed by atoms with Crippen molar-refractivity contribution < 1.29 is 10.2 Å². The summed E-state index contributed by atoms with van der Waals surface area (Å²) in [6.45, 7) is 7.20. The average molecular weight is 168 g/mol. The van der Waals surface area contributed by atoms with Gasteiger partial charge in [-0.05, 0) is 19.3 Å². The first-order valence-corrected chi connectivity index (χ1v) is 4.24. The van der Waals surface area contributed by atoms with Crippen molar-refractivity contribution in [2.24, 2.45) is 5.41 Å². The molecule has 68 valence electrons. The number of hydrogen-bond acceptors (Lipinski definition) is 2. The first-order chi connectivity index (χ1) is 5.64. The summed E-state index contributed by atoms with van der Waals surface area (Å²) in [6, 6.07) is 0. The zero-order valence-electron chi connectivity index (χ0n) is 7.29. The summed E-state index contributed by atoms with van der Waals surface area (Å²) in [4.78, 5) is 0. The van der Waals surface area contributed by atoms with E-state index >= 15 is 0 Å². The molecular formula is C10H16O2. The highest BCUT2D eigenvalue weighted by atomic mass is 16.3. The molecule has 0 saturated heterocycles. The molecule has 1 saturated carbocycles. The maximum atomic E-state index is 10.1. The molecular weight excluding hydrogens is 152 g/mol. The van der Waals surface area contributed by atoms with Crippen LogP contribution in [0.2, 0.25) is 0 Å². The van der Waals surface area contributed by atoms with E-state index in [0.29, 0.717) is 6.42 Å². The van der Waals surface area contributed by atoms with Crippen LogP contribution in [0.4, 0.5) is 0 Å². The normalized spacial score (nSPS) is 41.2. The third-order valence-corrected chi connectivity index (χ3v) is 3.05. The quantitative estimate of drug-likeness (QED) is 0.623. The Hall–Kier alpha value is -0.600. The minimum Gasteiger partial charge on any atom is -0.395 e. The summed E-state index contributed by atoms with van der Waals surface area (Å²) >= 11 is 0. The number of aliphatic hydroxyl groups excluding tert-OH is 1. The average Bonchev–Trinajstić information content (AvgIpc) is 2.44. The summed E-state index contributed by atoms with van der Waals surface area (Å²) in [5.74, 6) is 0. The van der Waals surface area contributed by atoms with Gasteiger partial charge in [0.1, 0.15) is 0 Å². The van der Waals surface area contributed by atoms with E-state index in [2.05, 4.69) is 13.2 Å². The van der Waals surface area contributed by atoms with Crippen molar-refractivity contribution in [3.8, 4) is 0 Å². The van der Waals surface area contributed by atoms with Gasteiger partial charge in [0, 0.05) is 5.41 Å². The Morgan fingerprint density at radius 3 is 2.25 bits per heavy atom. The lowest BCUT2D eigenvalue weighted by Crippen LogP contribution is -2.43. The number of rotatable bonds is 3. The van der Waals surface area contributed by atoms with Crippen molar-refractivity contribution in [1.82, 2.24) is 0 Å². The predicted molar refractivity (Wildman–Crippen MR) is 48.7 cm³/mol. The second kappa shape index (κ2) is 3.04. The van der Waals surface area contributed by atoms with Crippen LogP contribution in [0.5, 0.6) is 0 Å². The van der Waals surface area contributed by atoms with Gasteiger partial charge in [-0.1, -0.05) is 12.2 Å². The summed E-state index contributed by atoms with van der Waals surface area (Å²) in [5, 5.41) is 19.3. The van der Waals surface area contributed by atoms with Gasteiger partial charge in [-0.2, -0.15) is 0 Å². The molecule has 0 amide bonds. The molecule has 1 rings (SSSR count). The van der Waals surface area contributed by atoms with Gasteiger partial charge in [0.2, 0.25) is 0 Å². The standard InChI is InChI=1S/C10H16O2/c1-3-9(8-11)6-5-7-10(9,12)4-2/h3-4,11-12H,1-2,5-8H2. The van der Waals surface area contributed by atoms with Crippen molar-refractivity contribution >= 4 is 0 Å². The van der Waals surface area contributed by atoms with E-state index in [-0.39, 0.29) is 6.61 Å². The molecule has 2 heteroatoms. The number of hydrogen-bond donors (Lipinski definition) is 2. The first kappa shape index (κ1) is 9.49. The third-order valence-electron chi connectivity index (χ3n) is 3.05. The summed E-state index contributed by atoms with van der Waals surface area (Å²) in [5.41, 5.74) is -1.52. The van der Waals surface area contributed by atoms with Crippen LogP contribution in [-0.4, -0.2) is 22.4 Å². The molecule has 2 unspecified atom stereocenters. The molecule has 1 aliphatic carbocycles. The van der Waals surface area contributed by atoms with E-state index in [1.807, 2.05) is 0 Å². The molecule has 0 heterocycles. The lowest BCUT2D eigenvalue weighted by atomic mass is 9.75. The molecule has 2 N–H and O–H groups in total. The number of aliphatic hydroxyl groups is 2. The van der Waals surface area contributed by atoms with E-state index in [0.717, 1.165) is 12.8 Å². The minimum atomic E-state index is -0.955. The van der Waals surface area contributed by atoms with Gasteiger partial charge in [0.25, 0.3) is 0 Å². The lowest BCUT2D eigenvalue weighted by Gasteiger charge is -2.36. The fraction of sp³-hybridized carbons (Fsp3) is 0.600. The molecule has 0 radical (unpaired) electrons. The summed E-state index contributed by atoms with van der Waals surface area (Å²) < 4.78 is 0. The van der Waals surface area contributed by atoms with Crippen LogP contribution in [0, 0.1) is 5.41 Å². The molecule has 1 aliphatic rings. The summed E-state index contributed by atoms with van der Waals surface area (Å²) in [7, 11) is 0. The van der Waals surface area contributed by atoms with Gasteiger partial charge in [0.05, 0.1) is 12.2 Å². The Bertz CT molecular complexity index is 200. The molecule has 0 aromatic carbocycles. The maximum Gasteiger partial charge on any atom is 0.0937 e. The molecule has 0 aromatic heterocycles. The molecule has 2 nitrogen and oxygen atoms in total. The van der Waals surface area contributed by atoms with Gasteiger partial charge in [-0.15, -0.1) is 13.2 Å². The Kier molecular flexibility index (Phi) is 2.40. The van der Waals surface area contributed by atoms with Crippen molar-refractivity contribution in [2.45, 2.75) is 24.9 Å². The molecule has 1 fully saturated rings. The zero-order chi connectivity index (χ0) is 9.24. The van der Waals surface area contributed by atoms with E-state index in [9.17, 15) is 10.2 Å². The van der Waals surface area contributed by atoms with Gasteiger partial charge < -0.3 is 10.2 Å². The van der Waals surface area contributed by atoms with E-state index in [1.54, 1.807) is 6.08 Å². The first-order valence-electron chi connectivity index (χ1n) is 4.24. The fourth-order valence-corrected chi connectivity index (χ4v) is 2.00. The Balaban J connectivity index is 3.01. The largest absolute Gasteiger partial charge is 0.395 e. The monoisotopic (exact) mass is 168 g/mol. The molecule has 2 atom stereocenters. The smallest absolute Gasteiger partial charge is 0.0937 e. The van der Waals surface area contributed by atoms with Crippen molar-refractivity contribution in [3.63, 3.8) is 0 Å². The second-order valence-corrected chi connectivity index (χ2v) is 3.50. The maximum absolute atomic E-state index is 10.1. The highest BCUT2D eigenvalue weighted by Gasteiger charge is 2.49. The molecule has 0 aliphatic heterocycles. The topological polar surface area (TPSA) is 40.5 Å². The van der Waals surface area contributed by atoms with Gasteiger partial charge in [-0.3, -0.25) is 0 Å². The molecule has 0 aromatic rings. The van der Waals surface area contributed by atoms with Gasteiger partial charge in [-0.25, -0.2) is 0 Å². The third kappa shape index (κ3) is 1.03. The Morgan fingerprint density at radius 1 is 1.25 bits per heavy atom. The van der Waals surface area contributed by atoms with Crippen molar-refractivity contribution in [2.75, 3.05) is 6.61 Å². The Labute approximate surface area is 73.2 Å². The van der Waals surface area contributed by atoms with Crippen molar-refractivity contribution in [1.29, 1.82) is 0 Å². The van der Waals surface area contributed by atoms with E-state index in [1.165, 1.54) is 6.08 Å². The molecule has 12 heavy (non-hydrogen) atoms. The van der Waals surface area contributed by atoms with Crippen LogP contribution in [0.25, 0.3) is 0 Å². The van der Waals surface area contributed by atoms with Crippen LogP contribution >= 0.6 is 0 Å². The highest BCUT2D eigenvalue weighted by Crippen LogP contribution is 2.47. The van der Waals surface area contributed by atoms with Gasteiger partial charge >= 0.3 is 0 Å². The summed E-state index contributed by atoms with van der Waals surface area (Å²) in [6.07, 6.45) is 5.55.